The van der Waals surface area contributed by atoms with Crippen LogP contribution in [-0.4, -0.2) is 103 Å². The molecule has 11 heteroatoms. The number of ether oxygens (including phenoxy) is 2. The van der Waals surface area contributed by atoms with E-state index in [9.17, 15) is 10.1 Å². The number of piperazine rings is 1. The number of nitriles is 1. The first-order valence-electron chi connectivity index (χ1n) is 16.3. The van der Waals surface area contributed by atoms with Crippen LogP contribution in [-0.2, 0) is 9.47 Å². The lowest BCUT2D eigenvalue weighted by Gasteiger charge is -2.48. The van der Waals surface area contributed by atoms with Gasteiger partial charge in [-0.05, 0) is 71.0 Å². The summed E-state index contributed by atoms with van der Waals surface area (Å²) in [4.78, 5) is 30.7. The van der Waals surface area contributed by atoms with Gasteiger partial charge in [-0.2, -0.15) is 5.26 Å². The maximum Gasteiger partial charge on any atom is 0.408 e. The Bertz CT molecular complexity index is 1610. The molecule has 0 bridgehead atoms. The van der Waals surface area contributed by atoms with E-state index in [1.165, 1.54) is 0 Å². The van der Waals surface area contributed by atoms with E-state index < -0.39 is 5.60 Å². The minimum atomic E-state index is -0.522. The number of pyridine rings is 2. The standard InChI is InChI=1S/C34H44N8O3/c1-24-19-41(29-10-8-25(17-35)31-28(29)7-6-12-36-31)21-27(44-24)20-39-13-15-40(16-14-39)26-9-11-30(37-18-26)42-22-34(5,23-42)38-32(43)45-33(2,3)4/h6-12,18,24,27H,13-16,19-23H2,1-5H3,(H,38,43)/t24-,27+/m1/s1/i12D. The largest absolute Gasteiger partial charge is 0.444 e. The zero-order valence-electron chi connectivity index (χ0n) is 27.9. The van der Waals surface area contributed by atoms with Gasteiger partial charge >= 0.3 is 6.09 Å². The molecule has 1 amide bonds. The number of hydrogen-bond acceptors (Lipinski definition) is 10. The maximum absolute atomic E-state index is 12.2. The summed E-state index contributed by atoms with van der Waals surface area (Å²) in [6.45, 7) is 17.1. The van der Waals surface area contributed by atoms with E-state index in [4.69, 9.17) is 15.8 Å². The summed E-state index contributed by atoms with van der Waals surface area (Å²) >= 11 is 0. The Morgan fingerprint density at radius 3 is 2.58 bits per heavy atom. The van der Waals surface area contributed by atoms with Gasteiger partial charge in [-0.15, -0.1) is 0 Å². The SMILES string of the molecule is [2H]c1ccc2c(N3C[C@H](CN4CCN(c5ccc(N6CC(C)(NC(=O)OC(C)(C)C)C6)nc5)CC4)O[C@H](C)C3)ccc(C#N)c2n1. The summed E-state index contributed by atoms with van der Waals surface area (Å²) in [6, 6.07) is 13.8. The van der Waals surface area contributed by atoms with Gasteiger partial charge in [0.15, 0.2) is 0 Å². The van der Waals surface area contributed by atoms with Crippen LogP contribution in [0, 0.1) is 11.3 Å². The van der Waals surface area contributed by atoms with Gasteiger partial charge in [-0.1, -0.05) is 0 Å². The van der Waals surface area contributed by atoms with Gasteiger partial charge in [0.25, 0.3) is 0 Å². The van der Waals surface area contributed by atoms with Crippen molar-refractivity contribution in [2.24, 2.45) is 0 Å². The molecular weight excluding hydrogens is 568 g/mol. The zero-order chi connectivity index (χ0) is 32.6. The average Bonchev–Trinajstić information content (AvgIpc) is 2.98. The third-order valence-corrected chi connectivity index (χ3v) is 8.62. The van der Waals surface area contributed by atoms with Crippen molar-refractivity contribution >= 4 is 34.2 Å². The lowest BCUT2D eigenvalue weighted by Crippen LogP contribution is -2.69. The second-order valence-corrected chi connectivity index (χ2v) is 13.8. The van der Waals surface area contributed by atoms with Gasteiger partial charge in [0.2, 0.25) is 0 Å². The second kappa shape index (κ2) is 12.3. The number of anilines is 3. The highest BCUT2D eigenvalue weighted by Crippen LogP contribution is 2.31. The molecule has 2 aromatic heterocycles. The molecule has 238 valence electrons. The van der Waals surface area contributed by atoms with Gasteiger partial charge in [0.05, 0.1) is 42.1 Å². The Morgan fingerprint density at radius 1 is 1.11 bits per heavy atom. The number of morpholine rings is 1. The van der Waals surface area contributed by atoms with Crippen LogP contribution in [0.4, 0.5) is 22.0 Å². The molecular formula is C34H44N8O3. The van der Waals surface area contributed by atoms with Crippen molar-refractivity contribution in [1.82, 2.24) is 20.2 Å². The summed E-state index contributed by atoms with van der Waals surface area (Å²) in [5.41, 5.74) is 2.36. The topological polar surface area (TPSA) is 110 Å². The third kappa shape index (κ3) is 7.08. The quantitative estimate of drug-likeness (QED) is 0.438. The number of aromatic nitrogens is 2. The predicted octanol–water partition coefficient (Wildman–Crippen LogP) is 4.02. The number of rotatable bonds is 6. The van der Waals surface area contributed by atoms with Crippen molar-refractivity contribution < 1.29 is 15.6 Å². The van der Waals surface area contributed by atoms with Crippen LogP contribution in [0.15, 0.2) is 48.8 Å². The Balaban J connectivity index is 1.01. The molecule has 0 spiro atoms. The first kappa shape index (κ1) is 29.6. The molecule has 3 aromatic rings. The third-order valence-electron chi connectivity index (χ3n) is 8.62. The molecule has 45 heavy (non-hydrogen) atoms. The lowest BCUT2D eigenvalue weighted by atomic mass is 9.92. The van der Waals surface area contributed by atoms with Crippen LogP contribution in [0.3, 0.4) is 0 Å². The van der Waals surface area contributed by atoms with Crippen molar-refractivity contribution in [2.45, 2.75) is 58.0 Å². The summed E-state index contributed by atoms with van der Waals surface area (Å²) in [5, 5.41) is 13.5. The Morgan fingerprint density at radius 2 is 1.89 bits per heavy atom. The number of amides is 1. The van der Waals surface area contributed by atoms with Crippen molar-refractivity contribution in [3.63, 3.8) is 0 Å². The number of carbonyl (C=O) groups excluding carboxylic acids is 1. The Hall–Kier alpha value is -4.14. The van der Waals surface area contributed by atoms with Gasteiger partial charge in [-0.3, -0.25) is 9.88 Å². The number of nitrogens with zero attached hydrogens (tertiary/aromatic N) is 7. The molecule has 5 heterocycles. The first-order chi connectivity index (χ1) is 21.9. The fourth-order valence-electron chi connectivity index (χ4n) is 6.63. The summed E-state index contributed by atoms with van der Waals surface area (Å²) in [7, 11) is 0. The Kier molecular flexibility index (Phi) is 8.10. The number of nitrogens with one attached hydrogen (secondary N) is 1. The molecule has 0 aliphatic carbocycles. The van der Waals surface area contributed by atoms with E-state index >= 15 is 0 Å². The molecule has 11 nitrogen and oxygen atoms in total. The molecule has 3 aliphatic rings. The smallest absolute Gasteiger partial charge is 0.408 e. The molecule has 0 unspecified atom stereocenters. The minimum absolute atomic E-state index is 0.0531. The normalized spacial score (nSPS) is 22.4. The maximum atomic E-state index is 12.2. The molecule has 0 saturated carbocycles. The van der Waals surface area contributed by atoms with Crippen LogP contribution in [0.2, 0.25) is 0 Å². The van der Waals surface area contributed by atoms with Crippen molar-refractivity contribution in [3.05, 3.63) is 54.3 Å². The number of fused-ring (bicyclic) bond motifs is 1. The van der Waals surface area contributed by atoms with Crippen LogP contribution in [0.5, 0.6) is 0 Å². The second-order valence-electron chi connectivity index (χ2n) is 13.8. The Labute approximate surface area is 267 Å². The van der Waals surface area contributed by atoms with Gasteiger partial charge < -0.3 is 29.5 Å². The first-order valence-corrected chi connectivity index (χ1v) is 15.8. The van der Waals surface area contributed by atoms with Gasteiger partial charge in [0, 0.05) is 76.1 Å². The van der Waals surface area contributed by atoms with Crippen molar-refractivity contribution in [2.75, 3.05) is 73.6 Å². The average molecular weight is 614 g/mol. The molecule has 3 fully saturated rings. The molecule has 1 N–H and O–H groups in total. The van der Waals surface area contributed by atoms with Crippen molar-refractivity contribution in [3.8, 4) is 6.07 Å². The van der Waals surface area contributed by atoms with E-state index in [0.29, 0.717) is 24.2 Å². The molecule has 0 radical (unpaired) electrons. The van der Waals surface area contributed by atoms with Gasteiger partial charge in [-0.25, -0.2) is 9.78 Å². The number of carbonyl (C=O) groups is 1. The highest BCUT2D eigenvalue weighted by Gasteiger charge is 2.41. The number of hydrogen-bond donors (Lipinski definition) is 1. The monoisotopic (exact) mass is 613 g/mol. The van der Waals surface area contributed by atoms with E-state index in [0.717, 1.165) is 68.4 Å². The highest BCUT2D eigenvalue weighted by atomic mass is 16.6. The van der Waals surface area contributed by atoms with Crippen LogP contribution in [0.25, 0.3) is 10.9 Å². The van der Waals surface area contributed by atoms with Crippen LogP contribution >= 0.6 is 0 Å². The summed E-state index contributed by atoms with van der Waals surface area (Å²) < 4.78 is 19.8. The zero-order valence-corrected chi connectivity index (χ0v) is 26.9. The lowest BCUT2D eigenvalue weighted by molar-refractivity contribution is -0.0327. The van der Waals surface area contributed by atoms with E-state index in [1.54, 1.807) is 6.07 Å². The van der Waals surface area contributed by atoms with E-state index in [2.05, 4.69) is 55.0 Å². The molecule has 3 saturated heterocycles. The molecule has 3 aliphatic heterocycles. The van der Waals surface area contributed by atoms with Crippen LogP contribution in [0.1, 0.15) is 41.6 Å². The van der Waals surface area contributed by atoms with Gasteiger partial charge in [0.1, 0.15) is 17.5 Å². The number of alkyl carbamates (subject to hydrolysis) is 1. The molecule has 2 atom stereocenters. The summed E-state index contributed by atoms with van der Waals surface area (Å²) in [6.07, 6.45) is 1.84. The van der Waals surface area contributed by atoms with E-state index in [1.807, 2.05) is 52.1 Å². The fraction of sp³-hybridized carbons (Fsp3) is 0.529. The molecule has 6 rings (SSSR count). The summed E-state index contributed by atoms with van der Waals surface area (Å²) in [5.74, 6) is 0.907. The van der Waals surface area contributed by atoms with E-state index in [-0.39, 0.29) is 30.0 Å². The highest BCUT2D eigenvalue weighted by molar-refractivity contribution is 5.95. The van der Waals surface area contributed by atoms with Crippen molar-refractivity contribution in [1.29, 1.82) is 5.26 Å². The predicted molar refractivity (Wildman–Crippen MR) is 176 cm³/mol. The fourth-order valence-corrected chi connectivity index (χ4v) is 6.63. The molecule has 1 aromatic carbocycles. The minimum Gasteiger partial charge on any atom is -0.444 e. The number of benzene rings is 1. The van der Waals surface area contributed by atoms with Crippen LogP contribution < -0.4 is 20.0 Å².